The average molecular weight is 442 g/mol. The van der Waals surface area contributed by atoms with E-state index in [1.807, 2.05) is 6.07 Å². The van der Waals surface area contributed by atoms with Gasteiger partial charge in [0.15, 0.2) is 11.5 Å². The fraction of sp³-hybridized carbons (Fsp3) is 0.227. The number of nitrogens with zero attached hydrogens (tertiary/aromatic N) is 1. The Morgan fingerprint density at radius 1 is 1.13 bits per heavy atom. The van der Waals surface area contributed by atoms with Crippen molar-refractivity contribution in [2.75, 3.05) is 13.1 Å². The van der Waals surface area contributed by atoms with Gasteiger partial charge in [-0.15, -0.1) is 0 Å². The summed E-state index contributed by atoms with van der Waals surface area (Å²) in [4.78, 5) is 38.4. The van der Waals surface area contributed by atoms with Crippen LogP contribution >= 0.6 is 11.8 Å². The van der Waals surface area contributed by atoms with Crippen LogP contribution in [-0.2, 0) is 9.59 Å². The highest BCUT2D eigenvalue weighted by Gasteiger charge is 2.36. The van der Waals surface area contributed by atoms with E-state index in [0.29, 0.717) is 11.5 Å². The van der Waals surface area contributed by atoms with Gasteiger partial charge in [-0.25, -0.2) is 4.39 Å². The molecule has 2 unspecified atom stereocenters. The molecule has 160 valence electrons. The number of hydrogen-bond acceptors (Lipinski definition) is 6. The lowest BCUT2D eigenvalue weighted by Crippen LogP contribution is -2.50. The molecule has 0 aromatic heterocycles. The SMILES string of the molecule is CC1Oc2ccccc2OC1C(=O)NCCN1C(=O)S/C(=C\c2ccccc2F)C1=O. The Morgan fingerprint density at radius 2 is 1.81 bits per heavy atom. The van der Waals surface area contributed by atoms with Gasteiger partial charge in [0, 0.05) is 18.7 Å². The quantitative estimate of drug-likeness (QED) is 0.716. The molecular weight excluding hydrogens is 423 g/mol. The second kappa shape index (κ2) is 8.81. The summed E-state index contributed by atoms with van der Waals surface area (Å²) in [5, 5.41) is 2.21. The molecule has 31 heavy (non-hydrogen) atoms. The van der Waals surface area contributed by atoms with Crippen molar-refractivity contribution < 1.29 is 28.2 Å². The summed E-state index contributed by atoms with van der Waals surface area (Å²) in [6.45, 7) is 1.77. The van der Waals surface area contributed by atoms with E-state index in [4.69, 9.17) is 9.47 Å². The Hall–Kier alpha value is -3.33. The van der Waals surface area contributed by atoms with Crippen molar-refractivity contribution in [1.82, 2.24) is 10.2 Å². The molecule has 0 bridgehead atoms. The van der Waals surface area contributed by atoms with Gasteiger partial charge >= 0.3 is 0 Å². The molecule has 1 saturated heterocycles. The molecule has 2 aliphatic heterocycles. The lowest BCUT2D eigenvalue weighted by molar-refractivity contribution is -0.133. The van der Waals surface area contributed by atoms with E-state index < -0.39 is 35.1 Å². The van der Waals surface area contributed by atoms with Crippen molar-refractivity contribution in [3.05, 3.63) is 64.8 Å². The van der Waals surface area contributed by atoms with Crippen LogP contribution in [0.3, 0.4) is 0 Å². The number of imide groups is 1. The number of para-hydroxylation sites is 2. The highest BCUT2D eigenvalue weighted by Crippen LogP contribution is 2.34. The number of nitrogens with one attached hydrogen (secondary N) is 1. The van der Waals surface area contributed by atoms with Gasteiger partial charge in [0.25, 0.3) is 17.1 Å². The molecule has 3 amide bonds. The van der Waals surface area contributed by atoms with Gasteiger partial charge in [-0.2, -0.15) is 0 Å². The number of thioether (sulfide) groups is 1. The minimum absolute atomic E-state index is 0.0104. The molecular formula is C22H19FN2O5S. The normalized spacial score (nSPS) is 21.5. The summed E-state index contributed by atoms with van der Waals surface area (Å²) in [5.41, 5.74) is 0.227. The van der Waals surface area contributed by atoms with Crippen LogP contribution in [0.25, 0.3) is 6.08 Å². The number of carbonyl (C=O) groups excluding carboxylic acids is 3. The van der Waals surface area contributed by atoms with Crippen LogP contribution in [0.4, 0.5) is 9.18 Å². The first-order valence-corrected chi connectivity index (χ1v) is 10.5. The molecule has 1 fully saturated rings. The fourth-order valence-corrected chi connectivity index (χ4v) is 4.08. The number of rotatable bonds is 5. The summed E-state index contributed by atoms with van der Waals surface area (Å²) in [5.74, 6) is -0.363. The minimum atomic E-state index is -0.856. The smallest absolute Gasteiger partial charge is 0.293 e. The topological polar surface area (TPSA) is 84.9 Å². The zero-order chi connectivity index (χ0) is 22.0. The zero-order valence-corrected chi connectivity index (χ0v) is 17.4. The van der Waals surface area contributed by atoms with Crippen LogP contribution < -0.4 is 14.8 Å². The second-order valence-corrected chi connectivity index (χ2v) is 7.95. The maximum absolute atomic E-state index is 13.8. The number of fused-ring (bicyclic) bond motifs is 1. The first kappa shape index (κ1) is 20.9. The van der Waals surface area contributed by atoms with Crippen molar-refractivity contribution in [2.45, 2.75) is 19.1 Å². The number of benzene rings is 2. The van der Waals surface area contributed by atoms with Crippen LogP contribution in [0.15, 0.2) is 53.4 Å². The van der Waals surface area contributed by atoms with Gasteiger partial charge < -0.3 is 14.8 Å². The second-order valence-electron chi connectivity index (χ2n) is 6.95. The molecule has 9 heteroatoms. The Bertz CT molecular complexity index is 1070. The van der Waals surface area contributed by atoms with E-state index in [9.17, 15) is 18.8 Å². The molecule has 4 rings (SSSR count). The predicted octanol–water partition coefficient (Wildman–Crippen LogP) is 3.21. The fourth-order valence-electron chi connectivity index (χ4n) is 3.22. The lowest BCUT2D eigenvalue weighted by atomic mass is 10.1. The number of ether oxygens (including phenoxy) is 2. The van der Waals surface area contributed by atoms with Gasteiger partial charge in [0.05, 0.1) is 4.91 Å². The third-order valence-corrected chi connectivity index (χ3v) is 5.71. The average Bonchev–Trinajstić information content (AvgIpc) is 3.02. The third kappa shape index (κ3) is 4.41. The number of halogens is 1. The lowest BCUT2D eigenvalue weighted by Gasteiger charge is -2.31. The van der Waals surface area contributed by atoms with Crippen molar-refractivity contribution in [3.8, 4) is 11.5 Å². The molecule has 2 heterocycles. The molecule has 1 N–H and O–H groups in total. The summed E-state index contributed by atoms with van der Waals surface area (Å²) < 4.78 is 25.3. The zero-order valence-electron chi connectivity index (χ0n) is 16.5. The number of hydrogen-bond donors (Lipinski definition) is 1. The maximum Gasteiger partial charge on any atom is 0.293 e. The van der Waals surface area contributed by atoms with Crippen molar-refractivity contribution in [2.24, 2.45) is 0 Å². The number of carbonyl (C=O) groups is 3. The van der Waals surface area contributed by atoms with E-state index >= 15 is 0 Å². The van der Waals surface area contributed by atoms with E-state index in [0.717, 1.165) is 16.7 Å². The first-order valence-electron chi connectivity index (χ1n) is 9.64. The van der Waals surface area contributed by atoms with E-state index in [1.54, 1.807) is 37.3 Å². The summed E-state index contributed by atoms with van der Waals surface area (Å²) >= 11 is 0.739. The van der Waals surface area contributed by atoms with Gasteiger partial charge in [0.1, 0.15) is 11.9 Å². The van der Waals surface area contributed by atoms with E-state index in [-0.39, 0.29) is 23.6 Å². The summed E-state index contributed by atoms with van der Waals surface area (Å²) in [6, 6.07) is 13.1. The van der Waals surface area contributed by atoms with Gasteiger partial charge in [-0.1, -0.05) is 30.3 Å². The van der Waals surface area contributed by atoms with Gasteiger partial charge in [-0.3, -0.25) is 19.3 Å². The molecule has 2 aromatic rings. The molecule has 0 spiro atoms. The highest BCUT2D eigenvalue weighted by atomic mass is 32.2. The van der Waals surface area contributed by atoms with Crippen LogP contribution in [0.1, 0.15) is 12.5 Å². The van der Waals surface area contributed by atoms with Crippen molar-refractivity contribution in [3.63, 3.8) is 0 Å². The predicted molar refractivity (Wildman–Crippen MR) is 113 cm³/mol. The standard InChI is InChI=1S/C22H19FN2O5S/c1-13-19(30-17-9-5-4-8-16(17)29-13)20(26)24-10-11-25-21(27)18(31-22(25)28)12-14-6-2-3-7-15(14)23/h2-9,12-13,19H,10-11H2,1H3,(H,24,26)/b18-12-. The molecule has 0 radical (unpaired) electrons. The van der Waals surface area contributed by atoms with Gasteiger partial charge in [-0.05, 0) is 43.0 Å². The first-order chi connectivity index (χ1) is 14.9. The minimum Gasteiger partial charge on any atom is -0.482 e. The van der Waals surface area contributed by atoms with Crippen LogP contribution in [0.5, 0.6) is 11.5 Å². The number of amides is 3. The molecule has 2 atom stereocenters. The van der Waals surface area contributed by atoms with E-state index in [2.05, 4.69) is 5.32 Å². The van der Waals surface area contributed by atoms with Crippen molar-refractivity contribution >= 4 is 34.9 Å². The molecule has 2 aliphatic rings. The Labute approximate surface area is 182 Å². The molecule has 2 aromatic carbocycles. The highest BCUT2D eigenvalue weighted by molar-refractivity contribution is 8.18. The summed E-state index contributed by atoms with van der Waals surface area (Å²) in [6.07, 6.45) is -0.00732. The van der Waals surface area contributed by atoms with Crippen LogP contribution in [0, 0.1) is 5.82 Å². The van der Waals surface area contributed by atoms with Crippen molar-refractivity contribution in [1.29, 1.82) is 0 Å². The largest absolute Gasteiger partial charge is 0.482 e. The molecule has 7 nitrogen and oxygen atoms in total. The molecule has 0 aliphatic carbocycles. The Morgan fingerprint density at radius 3 is 2.55 bits per heavy atom. The third-order valence-electron chi connectivity index (χ3n) is 4.80. The summed E-state index contributed by atoms with van der Waals surface area (Å²) in [7, 11) is 0. The maximum atomic E-state index is 13.8. The van der Waals surface area contributed by atoms with Gasteiger partial charge in [0.2, 0.25) is 6.10 Å². The Kier molecular flexibility index (Phi) is 5.94. The monoisotopic (exact) mass is 442 g/mol. The molecule has 0 saturated carbocycles. The van der Waals surface area contributed by atoms with E-state index in [1.165, 1.54) is 18.2 Å². The Balaban J connectivity index is 1.34. The van der Waals surface area contributed by atoms with Crippen LogP contribution in [-0.4, -0.2) is 47.3 Å². The van der Waals surface area contributed by atoms with Crippen LogP contribution in [0.2, 0.25) is 0 Å².